The van der Waals surface area contributed by atoms with Crippen LogP contribution in [-0.2, 0) is 13.0 Å². The molecule has 0 fully saturated rings. The van der Waals surface area contributed by atoms with Gasteiger partial charge >= 0.3 is 0 Å². The number of rotatable bonds is 3. The fraction of sp³-hybridized carbons (Fsp3) is 0.167. The number of benzene rings is 3. The Morgan fingerprint density at radius 1 is 0.931 bits per heavy atom. The number of halogens is 1. The van der Waals surface area contributed by atoms with E-state index in [1.54, 1.807) is 6.07 Å². The van der Waals surface area contributed by atoms with Crippen molar-refractivity contribution in [3.05, 3.63) is 89.2 Å². The molecule has 5 heteroatoms. The maximum absolute atomic E-state index is 13.5. The molecule has 0 aliphatic carbocycles. The molecule has 2 heterocycles. The summed E-state index contributed by atoms with van der Waals surface area (Å²) in [6.45, 7) is 3.61. The Hall–Kier alpha value is -3.47. The van der Waals surface area contributed by atoms with Crippen LogP contribution in [0.3, 0.4) is 0 Å². The van der Waals surface area contributed by atoms with Gasteiger partial charge in [0.1, 0.15) is 11.6 Å². The van der Waals surface area contributed by atoms with Crippen LogP contribution >= 0.6 is 0 Å². The lowest BCUT2D eigenvalue weighted by molar-refractivity contribution is 0.627. The van der Waals surface area contributed by atoms with Crippen molar-refractivity contribution >= 4 is 28.4 Å². The highest BCUT2D eigenvalue weighted by Crippen LogP contribution is 2.31. The van der Waals surface area contributed by atoms with E-state index in [1.165, 1.54) is 23.3 Å². The van der Waals surface area contributed by atoms with Crippen LogP contribution in [0.4, 0.5) is 21.8 Å². The lowest BCUT2D eigenvalue weighted by Crippen LogP contribution is -2.31. The third-order valence-corrected chi connectivity index (χ3v) is 5.45. The van der Waals surface area contributed by atoms with E-state index in [4.69, 9.17) is 9.97 Å². The van der Waals surface area contributed by atoms with Crippen molar-refractivity contribution in [1.29, 1.82) is 0 Å². The van der Waals surface area contributed by atoms with Crippen LogP contribution in [0.2, 0.25) is 0 Å². The summed E-state index contributed by atoms with van der Waals surface area (Å²) in [6.07, 6.45) is 0.994. The number of nitrogens with zero attached hydrogens (tertiary/aromatic N) is 3. The lowest BCUT2D eigenvalue weighted by Gasteiger charge is -2.30. The molecule has 0 amide bonds. The monoisotopic (exact) mass is 384 g/mol. The molecule has 0 saturated carbocycles. The highest BCUT2D eigenvalue weighted by molar-refractivity contribution is 5.91. The Bertz CT molecular complexity index is 1200. The van der Waals surface area contributed by atoms with Crippen LogP contribution in [0.25, 0.3) is 10.9 Å². The van der Waals surface area contributed by atoms with E-state index in [0.29, 0.717) is 5.95 Å². The van der Waals surface area contributed by atoms with Gasteiger partial charge < -0.3 is 10.2 Å². The van der Waals surface area contributed by atoms with Crippen molar-refractivity contribution in [3.63, 3.8) is 0 Å². The summed E-state index contributed by atoms with van der Waals surface area (Å²) in [4.78, 5) is 11.9. The van der Waals surface area contributed by atoms with E-state index in [0.717, 1.165) is 47.5 Å². The molecule has 0 saturated heterocycles. The van der Waals surface area contributed by atoms with Crippen LogP contribution in [0, 0.1) is 12.7 Å². The maximum atomic E-state index is 13.5. The lowest BCUT2D eigenvalue weighted by atomic mass is 10.00. The van der Waals surface area contributed by atoms with Gasteiger partial charge in [-0.25, -0.2) is 9.37 Å². The first-order valence-electron chi connectivity index (χ1n) is 9.79. The summed E-state index contributed by atoms with van der Waals surface area (Å²) in [6, 6.07) is 21.3. The van der Waals surface area contributed by atoms with Crippen molar-refractivity contribution in [2.45, 2.75) is 19.9 Å². The molecule has 1 aromatic heterocycles. The zero-order valence-electron chi connectivity index (χ0n) is 16.2. The second-order valence-electron chi connectivity index (χ2n) is 7.41. The minimum Gasteiger partial charge on any atom is -0.351 e. The minimum absolute atomic E-state index is 0.250. The molecule has 0 spiro atoms. The summed E-state index contributed by atoms with van der Waals surface area (Å²) in [5.41, 5.74) is 5.25. The summed E-state index contributed by atoms with van der Waals surface area (Å²) < 4.78 is 13.5. The van der Waals surface area contributed by atoms with Gasteiger partial charge in [0.15, 0.2) is 0 Å². The Labute approximate surface area is 169 Å². The Morgan fingerprint density at radius 3 is 2.59 bits per heavy atom. The number of aromatic nitrogens is 2. The molecule has 0 unspecified atom stereocenters. The fourth-order valence-corrected chi connectivity index (χ4v) is 3.92. The van der Waals surface area contributed by atoms with Crippen LogP contribution in [0.1, 0.15) is 16.7 Å². The maximum Gasteiger partial charge on any atom is 0.229 e. The topological polar surface area (TPSA) is 41.1 Å². The average Bonchev–Trinajstić information content (AvgIpc) is 2.75. The van der Waals surface area contributed by atoms with Gasteiger partial charge in [0.05, 0.1) is 5.52 Å². The predicted molar refractivity (Wildman–Crippen MR) is 115 cm³/mol. The first kappa shape index (κ1) is 17.6. The third-order valence-electron chi connectivity index (χ3n) is 5.45. The van der Waals surface area contributed by atoms with Crippen molar-refractivity contribution < 1.29 is 4.39 Å². The zero-order chi connectivity index (χ0) is 19.8. The molecular formula is C24H21FN4. The van der Waals surface area contributed by atoms with Gasteiger partial charge in [-0.05, 0) is 60.4 Å². The van der Waals surface area contributed by atoms with E-state index in [2.05, 4.69) is 40.5 Å². The van der Waals surface area contributed by atoms with E-state index < -0.39 is 0 Å². The number of hydrogen-bond donors (Lipinski definition) is 1. The van der Waals surface area contributed by atoms with Gasteiger partial charge in [-0.15, -0.1) is 0 Å². The second kappa shape index (κ2) is 7.17. The predicted octanol–water partition coefficient (Wildman–Crippen LogP) is 5.38. The standard InChI is InChI=1S/C24H21FN4/c1-16-14-19(25)10-11-21(16)26-24-27-22-9-5-4-8-20(22)23(28-24)29-13-12-17-6-2-3-7-18(17)15-29/h2-11,14H,12-13,15H2,1H3,(H,26,27,28). The summed E-state index contributed by atoms with van der Waals surface area (Å²) in [5, 5.41) is 4.31. The molecule has 3 aromatic carbocycles. The smallest absolute Gasteiger partial charge is 0.229 e. The molecular weight excluding hydrogens is 363 g/mol. The Morgan fingerprint density at radius 2 is 1.72 bits per heavy atom. The van der Waals surface area contributed by atoms with Gasteiger partial charge in [0.25, 0.3) is 0 Å². The van der Waals surface area contributed by atoms with Gasteiger partial charge in [-0.3, -0.25) is 0 Å². The quantitative estimate of drug-likeness (QED) is 0.515. The van der Waals surface area contributed by atoms with Crippen molar-refractivity contribution in [3.8, 4) is 0 Å². The number of nitrogens with one attached hydrogen (secondary N) is 1. The van der Waals surface area contributed by atoms with Crippen molar-refractivity contribution in [1.82, 2.24) is 9.97 Å². The molecule has 0 atom stereocenters. The van der Waals surface area contributed by atoms with Crippen molar-refractivity contribution in [2.75, 3.05) is 16.8 Å². The molecule has 1 aliphatic heterocycles. The van der Waals surface area contributed by atoms with E-state index in [-0.39, 0.29) is 5.82 Å². The molecule has 4 nitrogen and oxygen atoms in total. The summed E-state index contributed by atoms with van der Waals surface area (Å²) >= 11 is 0. The SMILES string of the molecule is Cc1cc(F)ccc1Nc1nc(N2CCc3ccccc3C2)c2ccccc2n1. The molecule has 144 valence electrons. The van der Waals surface area contributed by atoms with E-state index >= 15 is 0 Å². The number of aryl methyl sites for hydroxylation is 1. The third kappa shape index (κ3) is 3.40. The number of fused-ring (bicyclic) bond motifs is 2. The highest BCUT2D eigenvalue weighted by Gasteiger charge is 2.20. The van der Waals surface area contributed by atoms with E-state index in [1.807, 2.05) is 25.1 Å². The summed E-state index contributed by atoms with van der Waals surface area (Å²) in [7, 11) is 0. The zero-order valence-corrected chi connectivity index (χ0v) is 16.2. The molecule has 1 aliphatic rings. The molecule has 0 radical (unpaired) electrons. The highest BCUT2D eigenvalue weighted by atomic mass is 19.1. The molecule has 5 rings (SSSR count). The number of hydrogen-bond acceptors (Lipinski definition) is 4. The first-order valence-corrected chi connectivity index (χ1v) is 9.79. The average molecular weight is 384 g/mol. The van der Waals surface area contributed by atoms with Gasteiger partial charge in [0, 0.05) is 24.2 Å². The van der Waals surface area contributed by atoms with Crippen LogP contribution in [0.15, 0.2) is 66.7 Å². The normalized spacial score (nSPS) is 13.4. The minimum atomic E-state index is -0.250. The van der Waals surface area contributed by atoms with Crippen LogP contribution in [-0.4, -0.2) is 16.5 Å². The molecule has 0 bridgehead atoms. The first-order chi connectivity index (χ1) is 14.2. The van der Waals surface area contributed by atoms with Gasteiger partial charge in [-0.1, -0.05) is 36.4 Å². The van der Waals surface area contributed by atoms with Gasteiger partial charge in [-0.2, -0.15) is 4.98 Å². The fourth-order valence-electron chi connectivity index (χ4n) is 3.92. The van der Waals surface area contributed by atoms with Crippen LogP contribution < -0.4 is 10.2 Å². The number of anilines is 3. The van der Waals surface area contributed by atoms with Crippen LogP contribution in [0.5, 0.6) is 0 Å². The molecule has 4 aromatic rings. The number of para-hydroxylation sites is 1. The van der Waals surface area contributed by atoms with Gasteiger partial charge in [0.2, 0.25) is 5.95 Å². The van der Waals surface area contributed by atoms with Crippen molar-refractivity contribution in [2.24, 2.45) is 0 Å². The summed E-state index contributed by atoms with van der Waals surface area (Å²) in [5.74, 6) is 1.19. The molecule has 29 heavy (non-hydrogen) atoms. The Kier molecular flexibility index (Phi) is 4.35. The molecule has 1 N–H and O–H groups in total. The largest absolute Gasteiger partial charge is 0.351 e. The second-order valence-corrected chi connectivity index (χ2v) is 7.41. The Balaban J connectivity index is 1.56. The van der Waals surface area contributed by atoms with E-state index in [9.17, 15) is 4.39 Å².